The Balaban J connectivity index is 1.73. The smallest absolute Gasteiger partial charge is 0.263 e. The van der Waals surface area contributed by atoms with Crippen molar-refractivity contribution in [3.63, 3.8) is 0 Å². The summed E-state index contributed by atoms with van der Waals surface area (Å²) in [6, 6.07) is 5.43. The summed E-state index contributed by atoms with van der Waals surface area (Å²) < 4.78 is 11.7. The van der Waals surface area contributed by atoms with Crippen LogP contribution in [0.25, 0.3) is 10.1 Å². The van der Waals surface area contributed by atoms with Crippen molar-refractivity contribution in [2.24, 2.45) is 0 Å². The van der Waals surface area contributed by atoms with E-state index in [0.29, 0.717) is 42.0 Å². The molecule has 1 aromatic carbocycles. The second-order valence-electron chi connectivity index (χ2n) is 4.76. The number of ether oxygens (including phenoxy) is 2. The fraction of sp³-hybridized carbons (Fsp3) is 0.357. The largest absolute Gasteiger partial charge is 0.397 e. The van der Waals surface area contributed by atoms with E-state index < -0.39 is 0 Å². The minimum absolute atomic E-state index is 0.104. The third-order valence-electron chi connectivity index (χ3n) is 3.27. The van der Waals surface area contributed by atoms with Crippen molar-refractivity contribution < 1.29 is 14.3 Å². The van der Waals surface area contributed by atoms with Crippen LogP contribution in [0.5, 0.6) is 0 Å². The molecule has 21 heavy (non-hydrogen) atoms. The fourth-order valence-corrected chi connectivity index (χ4v) is 3.39. The summed E-state index contributed by atoms with van der Waals surface area (Å²) in [5.41, 5.74) is 6.52. The van der Waals surface area contributed by atoms with E-state index in [1.54, 1.807) is 12.1 Å². The van der Waals surface area contributed by atoms with Crippen LogP contribution in [0.3, 0.4) is 0 Å². The van der Waals surface area contributed by atoms with Gasteiger partial charge in [-0.2, -0.15) is 0 Å². The number of carbonyl (C=O) groups excluding carboxylic acids is 1. The molecule has 2 aromatic rings. The van der Waals surface area contributed by atoms with E-state index in [-0.39, 0.29) is 12.0 Å². The molecule has 112 valence electrons. The molecule has 7 heteroatoms. The van der Waals surface area contributed by atoms with E-state index in [1.807, 2.05) is 6.07 Å². The average molecular weight is 327 g/mol. The Morgan fingerprint density at radius 1 is 1.48 bits per heavy atom. The van der Waals surface area contributed by atoms with Crippen LogP contribution >= 0.6 is 22.9 Å². The minimum Gasteiger partial charge on any atom is -0.397 e. The van der Waals surface area contributed by atoms with Gasteiger partial charge in [0.2, 0.25) is 0 Å². The van der Waals surface area contributed by atoms with E-state index in [2.05, 4.69) is 5.32 Å². The second kappa shape index (κ2) is 6.19. The standard InChI is InChI=1S/C14H15ClN2O3S/c15-8-1-2-11-10(5-8)12(16)13(21-11)14(18)17-6-9-7-19-3-4-20-9/h1-2,5,9H,3-4,6-7,16H2,(H,17,18). The molecule has 1 aliphatic rings. The molecule has 1 fully saturated rings. The number of anilines is 1. The zero-order chi connectivity index (χ0) is 14.8. The van der Waals surface area contributed by atoms with Crippen LogP contribution in [0.2, 0.25) is 5.02 Å². The molecule has 0 bridgehead atoms. The Hall–Kier alpha value is -1.34. The summed E-state index contributed by atoms with van der Waals surface area (Å²) in [6.07, 6.45) is -0.104. The van der Waals surface area contributed by atoms with Crippen LogP contribution in [-0.4, -0.2) is 38.4 Å². The number of nitrogens with two attached hydrogens (primary N) is 1. The minimum atomic E-state index is -0.195. The van der Waals surface area contributed by atoms with Gasteiger partial charge in [0.25, 0.3) is 5.91 Å². The Kier molecular flexibility index (Phi) is 4.30. The Labute approximate surface area is 131 Å². The molecule has 0 saturated carbocycles. The number of carbonyl (C=O) groups is 1. The highest BCUT2D eigenvalue weighted by molar-refractivity contribution is 7.21. The van der Waals surface area contributed by atoms with Crippen molar-refractivity contribution >= 4 is 44.6 Å². The molecule has 2 heterocycles. The number of rotatable bonds is 3. The number of thiophene rings is 1. The maximum Gasteiger partial charge on any atom is 0.263 e. The number of nitrogens with one attached hydrogen (secondary N) is 1. The van der Waals surface area contributed by atoms with Gasteiger partial charge < -0.3 is 20.5 Å². The highest BCUT2D eigenvalue weighted by Gasteiger charge is 2.19. The Morgan fingerprint density at radius 2 is 2.33 bits per heavy atom. The van der Waals surface area contributed by atoms with E-state index in [4.69, 9.17) is 26.8 Å². The molecule has 0 spiro atoms. The third-order valence-corrected chi connectivity index (χ3v) is 4.69. The van der Waals surface area contributed by atoms with Gasteiger partial charge >= 0.3 is 0 Å². The zero-order valence-electron chi connectivity index (χ0n) is 11.2. The van der Waals surface area contributed by atoms with Gasteiger partial charge in [-0.15, -0.1) is 11.3 Å². The van der Waals surface area contributed by atoms with Crippen molar-refractivity contribution in [3.8, 4) is 0 Å². The van der Waals surface area contributed by atoms with Gasteiger partial charge in [0.15, 0.2) is 0 Å². The second-order valence-corrected chi connectivity index (χ2v) is 6.25. The van der Waals surface area contributed by atoms with Gasteiger partial charge in [0, 0.05) is 21.7 Å². The summed E-state index contributed by atoms with van der Waals surface area (Å²) in [5, 5.41) is 4.26. The van der Waals surface area contributed by atoms with Gasteiger partial charge in [0.1, 0.15) is 4.88 Å². The normalized spacial score (nSPS) is 18.8. The number of hydrogen-bond donors (Lipinski definition) is 2. The lowest BCUT2D eigenvalue weighted by atomic mass is 10.2. The van der Waals surface area contributed by atoms with Crippen molar-refractivity contribution in [3.05, 3.63) is 28.1 Å². The SMILES string of the molecule is Nc1c(C(=O)NCC2COCCO2)sc2ccc(Cl)cc12. The summed E-state index contributed by atoms with van der Waals surface area (Å²) in [6.45, 7) is 2.07. The van der Waals surface area contributed by atoms with Crippen molar-refractivity contribution in [2.75, 3.05) is 32.1 Å². The highest BCUT2D eigenvalue weighted by Crippen LogP contribution is 2.35. The zero-order valence-corrected chi connectivity index (χ0v) is 12.8. The van der Waals surface area contributed by atoms with Gasteiger partial charge in [-0.1, -0.05) is 11.6 Å². The Bertz CT molecular complexity index is 668. The molecular weight excluding hydrogens is 312 g/mol. The lowest BCUT2D eigenvalue weighted by Gasteiger charge is -2.22. The van der Waals surface area contributed by atoms with Gasteiger partial charge in [-0.3, -0.25) is 4.79 Å². The molecule has 3 rings (SSSR count). The van der Waals surface area contributed by atoms with Crippen LogP contribution in [0, 0.1) is 0 Å². The molecule has 1 aromatic heterocycles. The topological polar surface area (TPSA) is 73.6 Å². The number of halogens is 1. The fourth-order valence-electron chi connectivity index (χ4n) is 2.20. The first-order chi connectivity index (χ1) is 10.1. The molecule has 1 saturated heterocycles. The molecule has 0 radical (unpaired) electrons. The predicted octanol–water partition coefficient (Wildman–Crippen LogP) is 2.28. The summed E-state index contributed by atoms with van der Waals surface area (Å²) in [4.78, 5) is 12.8. The number of fused-ring (bicyclic) bond motifs is 1. The number of nitrogen functional groups attached to an aromatic ring is 1. The lowest BCUT2D eigenvalue weighted by Crippen LogP contribution is -2.39. The van der Waals surface area contributed by atoms with Crippen LogP contribution in [0.4, 0.5) is 5.69 Å². The molecule has 3 N–H and O–H groups in total. The number of amides is 1. The van der Waals surface area contributed by atoms with Crippen LogP contribution < -0.4 is 11.1 Å². The molecule has 1 atom stereocenters. The van der Waals surface area contributed by atoms with Gasteiger partial charge in [-0.05, 0) is 18.2 Å². The van der Waals surface area contributed by atoms with Crippen molar-refractivity contribution in [1.29, 1.82) is 0 Å². The molecule has 1 amide bonds. The van der Waals surface area contributed by atoms with E-state index in [1.165, 1.54) is 11.3 Å². The molecular formula is C14H15ClN2O3S. The third kappa shape index (κ3) is 3.13. The summed E-state index contributed by atoms with van der Waals surface area (Å²) in [5.74, 6) is -0.195. The monoisotopic (exact) mass is 326 g/mol. The van der Waals surface area contributed by atoms with Crippen molar-refractivity contribution in [1.82, 2.24) is 5.32 Å². The maximum atomic E-state index is 12.3. The Morgan fingerprint density at radius 3 is 3.10 bits per heavy atom. The number of benzene rings is 1. The van der Waals surface area contributed by atoms with E-state index in [0.717, 1.165) is 10.1 Å². The van der Waals surface area contributed by atoms with Crippen LogP contribution in [0.1, 0.15) is 9.67 Å². The van der Waals surface area contributed by atoms with Gasteiger partial charge in [-0.25, -0.2) is 0 Å². The van der Waals surface area contributed by atoms with Crippen LogP contribution in [0.15, 0.2) is 18.2 Å². The average Bonchev–Trinajstić information content (AvgIpc) is 2.83. The maximum absolute atomic E-state index is 12.3. The van der Waals surface area contributed by atoms with E-state index >= 15 is 0 Å². The lowest BCUT2D eigenvalue weighted by molar-refractivity contribution is -0.0855. The molecule has 1 unspecified atom stereocenters. The van der Waals surface area contributed by atoms with Gasteiger partial charge in [0.05, 0.1) is 31.6 Å². The van der Waals surface area contributed by atoms with Crippen molar-refractivity contribution in [2.45, 2.75) is 6.10 Å². The predicted molar refractivity (Wildman–Crippen MR) is 84.1 cm³/mol. The molecule has 1 aliphatic heterocycles. The number of hydrogen-bond acceptors (Lipinski definition) is 5. The molecule has 0 aliphatic carbocycles. The quantitative estimate of drug-likeness (QED) is 0.907. The van der Waals surface area contributed by atoms with E-state index in [9.17, 15) is 4.79 Å². The first kappa shape index (κ1) is 14.6. The summed E-state index contributed by atoms with van der Waals surface area (Å²) >= 11 is 7.32. The van der Waals surface area contributed by atoms with Crippen LogP contribution in [-0.2, 0) is 9.47 Å². The first-order valence-electron chi connectivity index (χ1n) is 6.60. The first-order valence-corrected chi connectivity index (χ1v) is 7.79. The highest BCUT2D eigenvalue weighted by atomic mass is 35.5. The molecule has 5 nitrogen and oxygen atoms in total. The summed E-state index contributed by atoms with van der Waals surface area (Å²) in [7, 11) is 0.